The molecule has 0 spiro atoms. The molecule has 0 aliphatic heterocycles. The number of carboxylic acids is 1. The Bertz CT molecular complexity index is 723. The average Bonchev–Trinajstić information content (AvgIpc) is 2.40. The molecule has 20 heavy (non-hydrogen) atoms. The first-order valence-electron chi connectivity index (χ1n) is 5.69. The SMILES string of the molecule is Cc1nc(Nc2ccc(F)cc2C#N)ccc1C(=O)O. The molecule has 0 radical (unpaired) electrons. The molecule has 0 aliphatic carbocycles. The van der Waals surface area contributed by atoms with Crippen molar-refractivity contribution in [2.45, 2.75) is 6.92 Å². The zero-order valence-electron chi connectivity index (χ0n) is 10.5. The van der Waals surface area contributed by atoms with E-state index >= 15 is 0 Å². The Balaban J connectivity index is 2.34. The molecule has 6 heteroatoms. The van der Waals surface area contributed by atoms with E-state index in [0.717, 1.165) is 6.07 Å². The fraction of sp³-hybridized carbons (Fsp3) is 0.0714. The molecule has 0 bridgehead atoms. The Morgan fingerprint density at radius 1 is 1.40 bits per heavy atom. The van der Waals surface area contributed by atoms with Crippen molar-refractivity contribution in [2.24, 2.45) is 0 Å². The third kappa shape index (κ3) is 2.72. The van der Waals surface area contributed by atoms with Crippen LogP contribution in [-0.2, 0) is 0 Å². The Morgan fingerprint density at radius 2 is 2.15 bits per heavy atom. The van der Waals surface area contributed by atoms with Crippen molar-refractivity contribution in [1.29, 1.82) is 5.26 Å². The van der Waals surface area contributed by atoms with E-state index in [2.05, 4.69) is 10.3 Å². The summed E-state index contributed by atoms with van der Waals surface area (Å²) in [6.07, 6.45) is 0. The first kappa shape index (κ1) is 13.5. The maximum atomic E-state index is 13.0. The fourth-order valence-electron chi connectivity index (χ4n) is 1.71. The lowest BCUT2D eigenvalue weighted by atomic mass is 10.2. The lowest BCUT2D eigenvalue weighted by Crippen LogP contribution is -2.04. The normalized spacial score (nSPS) is 9.85. The maximum Gasteiger partial charge on any atom is 0.337 e. The van der Waals surface area contributed by atoms with Gasteiger partial charge in [-0.3, -0.25) is 0 Å². The number of benzene rings is 1. The highest BCUT2D eigenvalue weighted by Gasteiger charge is 2.10. The van der Waals surface area contributed by atoms with Gasteiger partial charge in [0.1, 0.15) is 17.7 Å². The molecule has 1 aromatic heterocycles. The van der Waals surface area contributed by atoms with Crippen molar-refractivity contribution in [1.82, 2.24) is 4.98 Å². The van der Waals surface area contributed by atoms with Gasteiger partial charge in [-0.2, -0.15) is 5.26 Å². The highest BCUT2D eigenvalue weighted by Crippen LogP contribution is 2.21. The molecule has 0 saturated heterocycles. The van der Waals surface area contributed by atoms with Gasteiger partial charge in [-0.1, -0.05) is 0 Å². The van der Waals surface area contributed by atoms with Crippen LogP contribution >= 0.6 is 0 Å². The number of aryl methyl sites for hydroxylation is 1. The molecular formula is C14H10FN3O2. The second-order valence-electron chi connectivity index (χ2n) is 4.06. The molecule has 1 heterocycles. The lowest BCUT2D eigenvalue weighted by Gasteiger charge is -2.09. The van der Waals surface area contributed by atoms with Gasteiger partial charge in [0, 0.05) is 0 Å². The summed E-state index contributed by atoms with van der Waals surface area (Å²) in [4.78, 5) is 15.0. The molecule has 0 amide bonds. The Kier molecular flexibility index (Phi) is 3.62. The average molecular weight is 271 g/mol. The number of rotatable bonds is 3. The minimum absolute atomic E-state index is 0.107. The van der Waals surface area contributed by atoms with Crippen LogP contribution in [0.3, 0.4) is 0 Å². The third-order valence-electron chi connectivity index (χ3n) is 2.68. The molecule has 100 valence electrons. The molecule has 2 rings (SSSR count). The summed E-state index contributed by atoms with van der Waals surface area (Å²) >= 11 is 0. The summed E-state index contributed by atoms with van der Waals surface area (Å²) in [5.41, 5.74) is 1.01. The predicted octanol–water partition coefficient (Wildman–Crippen LogP) is 2.84. The predicted molar refractivity (Wildman–Crippen MR) is 70.3 cm³/mol. The van der Waals surface area contributed by atoms with E-state index in [4.69, 9.17) is 10.4 Å². The quantitative estimate of drug-likeness (QED) is 0.896. The molecule has 0 unspecified atom stereocenters. The van der Waals surface area contributed by atoms with Gasteiger partial charge in [0.25, 0.3) is 0 Å². The monoisotopic (exact) mass is 271 g/mol. The number of nitrogens with zero attached hydrogens (tertiary/aromatic N) is 2. The van der Waals surface area contributed by atoms with Crippen molar-refractivity contribution >= 4 is 17.5 Å². The number of halogens is 1. The van der Waals surface area contributed by atoms with Crippen molar-refractivity contribution in [3.63, 3.8) is 0 Å². The number of carbonyl (C=O) groups is 1. The minimum atomic E-state index is -1.05. The van der Waals surface area contributed by atoms with Crippen LogP contribution in [-0.4, -0.2) is 16.1 Å². The molecule has 2 aromatic rings. The molecule has 0 atom stereocenters. The van der Waals surface area contributed by atoms with E-state index in [9.17, 15) is 9.18 Å². The molecule has 0 saturated carbocycles. The number of anilines is 2. The van der Waals surface area contributed by atoms with E-state index in [0.29, 0.717) is 17.2 Å². The van der Waals surface area contributed by atoms with Gasteiger partial charge < -0.3 is 10.4 Å². The molecule has 1 aromatic carbocycles. The Morgan fingerprint density at radius 3 is 2.75 bits per heavy atom. The first-order valence-corrected chi connectivity index (χ1v) is 5.69. The van der Waals surface area contributed by atoms with Gasteiger partial charge in [-0.15, -0.1) is 0 Å². The van der Waals surface area contributed by atoms with Crippen LogP contribution in [0.1, 0.15) is 21.6 Å². The first-order chi connectivity index (χ1) is 9.51. The van der Waals surface area contributed by atoms with Crippen LogP contribution in [0.25, 0.3) is 0 Å². The number of hydrogen-bond donors (Lipinski definition) is 2. The van der Waals surface area contributed by atoms with Crippen LogP contribution in [0.15, 0.2) is 30.3 Å². The third-order valence-corrected chi connectivity index (χ3v) is 2.68. The summed E-state index contributed by atoms with van der Waals surface area (Å²) < 4.78 is 13.0. The van der Waals surface area contributed by atoms with Gasteiger partial charge in [-0.05, 0) is 37.3 Å². The highest BCUT2D eigenvalue weighted by atomic mass is 19.1. The van der Waals surface area contributed by atoms with Crippen molar-refractivity contribution in [3.8, 4) is 6.07 Å². The van der Waals surface area contributed by atoms with Gasteiger partial charge in [0.2, 0.25) is 0 Å². The summed E-state index contributed by atoms with van der Waals surface area (Å²) in [6.45, 7) is 1.57. The summed E-state index contributed by atoms with van der Waals surface area (Å²) in [5.74, 6) is -1.17. The van der Waals surface area contributed by atoms with Gasteiger partial charge in [0.15, 0.2) is 0 Å². The Labute approximate surface area is 114 Å². The number of nitriles is 1. The Hall–Kier alpha value is -2.94. The number of carboxylic acid groups (broad SMARTS) is 1. The van der Waals surface area contributed by atoms with E-state index in [1.165, 1.54) is 24.3 Å². The number of aromatic carboxylic acids is 1. The van der Waals surface area contributed by atoms with Gasteiger partial charge in [0.05, 0.1) is 22.5 Å². The molecular weight excluding hydrogens is 261 g/mol. The zero-order valence-corrected chi connectivity index (χ0v) is 10.5. The topological polar surface area (TPSA) is 86.0 Å². The van der Waals surface area contributed by atoms with Crippen LogP contribution < -0.4 is 5.32 Å². The van der Waals surface area contributed by atoms with Crippen LogP contribution in [0.4, 0.5) is 15.9 Å². The van der Waals surface area contributed by atoms with Gasteiger partial charge >= 0.3 is 5.97 Å². The number of aromatic nitrogens is 1. The molecule has 2 N–H and O–H groups in total. The van der Waals surface area contributed by atoms with Crippen molar-refractivity contribution in [2.75, 3.05) is 5.32 Å². The zero-order chi connectivity index (χ0) is 14.7. The molecule has 5 nitrogen and oxygen atoms in total. The van der Waals surface area contributed by atoms with Crippen LogP contribution in [0.5, 0.6) is 0 Å². The standard InChI is InChI=1S/C14H10FN3O2/c1-8-11(14(19)20)3-5-13(17-8)18-12-4-2-10(15)6-9(12)7-16/h2-6H,1H3,(H,17,18)(H,19,20). The minimum Gasteiger partial charge on any atom is -0.478 e. The number of nitrogens with one attached hydrogen (secondary N) is 1. The largest absolute Gasteiger partial charge is 0.478 e. The molecule has 0 aliphatic rings. The fourth-order valence-corrected chi connectivity index (χ4v) is 1.71. The lowest BCUT2D eigenvalue weighted by molar-refractivity contribution is 0.0695. The number of pyridine rings is 1. The maximum absolute atomic E-state index is 13.0. The van der Waals surface area contributed by atoms with E-state index in [1.807, 2.05) is 6.07 Å². The second-order valence-corrected chi connectivity index (χ2v) is 4.06. The summed E-state index contributed by atoms with van der Waals surface area (Å²) in [5, 5.41) is 20.7. The van der Waals surface area contributed by atoms with E-state index in [-0.39, 0.29) is 11.1 Å². The van der Waals surface area contributed by atoms with Crippen LogP contribution in [0, 0.1) is 24.1 Å². The smallest absolute Gasteiger partial charge is 0.337 e. The van der Waals surface area contributed by atoms with Gasteiger partial charge in [-0.25, -0.2) is 14.2 Å². The summed E-state index contributed by atoms with van der Waals surface area (Å²) in [7, 11) is 0. The number of hydrogen-bond acceptors (Lipinski definition) is 4. The highest BCUT2D eigenvalue weighted by molar-refractivity contribution is 5.89. The second kappa shape index (κ2) is 5.36. The van der Waals surface area contributed by atoms with Crippen molar-refractivity contribution < 1.29 is 14.3 Å². The van der Waals surface area contributed by atoms with E-state index < -0.39 is 11.8 Å². The molecule has 0 fully saturated rings. The van der Waals surface area contributed by atoms with Crippen LogP contribution in [0.2, 0.25) is 0 Å². The summed E-state index contributed by atoms with van der Waals surface area (Å²) in [6, 6.07) is 8.55. The van der Waals surface area contributed by atoms with E-state index in [1.54, 1.807) is 6.92 Å². The van der Waals surface area contributed by atoms with Crippen molar-refractivity contribution in [3.05, 3.63) is 53.0 Å².